The van der Waals surface area contributed by atoms with E-state index in [0.29, 0.717) is 17.5 Å². The molecule has 0 bridgehead atoms. The summed E-state index contributed by atoms with van der Waals surface area (Å²) in [5, 5.41) is 7.30. The SMILES string of the molecule is COc1ccccc1CNc1nc(C)cc(Nc2ccc(Cl)cc2C)n1. The van der Waals surface area contributed by atoms with Gasteiger partial charge >= 0.3 is 0 Å². The van der Waals surface area contributed by atoms with Crippen molar-refractivity contribution in [1.29, 1.82) is 0 Å². The van der Waals surface area contributed by atoms with E-state index < -0.39 is 0 Å². The summed E-state index contributed by atoms with van der Waals surface area (Å²) in [5.41, 5.74) is 3.93. The highest BCUT2D eigenvalue weighted by molar-refractivity contribution is 6.30. The zero-order chi connectivity index (χ0) is 18.5. The number of halogens is 1. The maximum atomic E-state index is 6.02. The summed E-state index contributed by atoms with van der Waals surface area (Å²) in [6.45, 7) is 4.52. The number of ether oxygens (including phenoxy) is 1. The second kappa shape index (κ2) is 8.06. The molecule has 0 spiro atoms. The van der Waals surface area contributed by atoms with Crippen molar-refractivity contribution in [2.45, 2.75) is 20.4 Å². The molecule has 0 aliphatic rings. The van der Waals surface area contributed by atoms with E-state index in [4.69, 9.17) is 16.3 Å². The van der Waals surface area contributed by atoms with Crippen molar-refractivity contribution >= 4 is 29.1 Å². The lowest BCUT2D eigenvalue weighted by Gasteiger charge is -2.13. The lowest BCUT2D eigenvalue weighted by atomic mass is 10.2. The van der Waals surface area contributed by atoms with Gasteiger partial charge in [-0.15, -0.1) is 0 Å². The summed E-state index contributed by atoms with van der Waals surface area (Å²) in [4.78, 5) is 9.01. The molecule has 0 amide bonds. The van der Waals surface area contributed by atoms with Crippen molar-refractivity contribution in [3.8, 4) is 5.75 Å². The third-order valence-electron chi connectivity index (χ3n) is 3.93. The quantitative estimate of drug-likeness (QED) is 0.633. The molecule has 1 heterocycles. The first kappa shape index (κ1) is 18.0. The highest BCUT2D eigenvalue weighted by atomic mass is 35.5. The number of aryl methyl sites for hydroxylation is 2. The minimum absolute atomic E-state index is 0.560. The van der Waals surface area contributed by atoms with Gasteiger partial charge in [-0.1, -0.05) is 29.8 Å². The van der Waals surface area contributed by atoms with E-state index in [0.717, 1.165) is 34.1 Å². The van der Waals surface area contributed by atoms with Crippen LogP contribution in [-0.2, 0) is 6.54 Å². The number of para-hydroxylation sites is 1. The zero-order valence-electron chi connectivity index (χ0n) is 15.0. The first-order chi connectivity index (χ1) is 12.5. The molecular weight excluding hydrogens is 348 g/mol. The molecule has 0 unspecified atom stereocenters. The number of rotatable bonds is 6. The number of hydrogen-bond donors (Lipinski definition) is 2. The number of benzene rings is 2. The Bertz CT molecular complexity index is 914. The van der Waals surface area contributed by atoms with Crippen LogP contribution in [0.3, 0.4) is 0 Å². The molecule has 5 nitrogen and oxygen atoms in total. The summed E-state index contributed by atoms with van der Waals surface area (Å²) in [6.07, 6.45) is 0. The highest BCUT2D eigenvalue weighted by Crippen LogP contribution is 2.24. The second-order valence-corrected chi connectivity index (χ2v) is 6.40. The molecule has 6 heteroatoms. The van der Waals surface area contributed by atoms with Gasteiger partial charge in [0.15, 0.2) is 0 Å². The summed E-state index contributed by atoms with van der Waals surface area (Å²) in [5.74, 6) is 2.12. The summed E-state index contributed by atoms with van der Waals surface area (Å²) >= 11 is 6.02. The smallest absolute Gasteiger partial charge is 0.225 e. The molecule has 1 aromatic heterocycles. The van der Waals surface area contributed by atoms with Crippen molar-refractivity contribution in [1.82, 2.24) is 9.97 Å². The van der Waals surface area contributed by atoms with Crippen LogP contribution in [-0.4, -0.2) is 17.1 Å². The van der Waals surface area contributed by atoms with Gasteiger partial charge in [-0.3, -0.25) is 0 Å². The normalized spacial score (nSPS) is 10.5. The van der Waals surface area contributed by atoms with Crippen LogP contribution in [0.4, 0.5) is 17.5 Å². The van der Waals surface area contributed by atoms with Gasteiger partial charge in [-0.2, -0.15) is 4.98 Å². The van der Waals surface area contributed by atoms with Gasteiger partial charge in [0.1, 0.15) is 11.6 Å². The summed E-state index contributed by atoms with van der Waals surface area (Å²) in [6, 6.07) is 15.5. The van der Waals surface area contributed by atoms with E-state index in [1.165, 1.54) is 0 Å². The van der Waals surface area contributed by atoms with Crippen molar-refractivity contribution in [3.63, 3.8) is 0 Å². The summed E-state index contributed by atoms with van der Waals surface area (Å²) in [7, 11) is 1.67. The molecule has 26 heavy (non-hydrogen) atoms. The highest BCUT2D eigenvalue weighted by Gasteiger charge is 2.07. The Morgan fingerprint density at radius 3 is 2.62 bits per heavy atom. The molecule has 0 aliphatic carbocycles. The molecule has 134 valence electrons. The Kier molecular flexibility index (Phi) is 5.58. The van der Waals surface area contributed by atoms with E-state index in [-0.39, 0.29) is 0 Å². The monoisotopic (exact) mass is 368 g/mol. The van der Waals surface area contributed by atoms with E-state index in [1.54, 1.807) is 7.11 Å². The molecule has 0 saturated carbocycles. The summed E-state index contributed by atoms with van der Waals surface area (Å²) < 4.78 is 5.38. The lowest BCUT2D eigenvalue weighted by molar-refractivity contribution is 0.410. The molecule has 0 fully saturated rings. The van der Waals surface area contributed by atoms with Crippen LogP contribution in [0.2, 0.25) is 5.02 Å². The first-order valence-electron chi connectivity index (χ1n) is 8.30. The first-order valence-corrected chi connectivity index (χ1v) is 8.67. The molecule has 0 radical (unpaired) electrons. The molecule has 0 atom stereocenters. The second-order valence-electron chi connectivity index (χ2n) is 5.97. The standard InChI is InChI=1S/C20H21ClN4O/c1-13-10-16(21)8-9-17(13)24-19-11-14(2)23-20(25-19)22-12-15-6-4-5-7-18(15)26-3/h4-11H,12H2,1-3H3,(H2,22,23,24,25). The van der Waals surface area contributed by atoms with Gasteiger partial charge in [0.2, 0.25) is 5.95 Å². The number of methoxy groups -OCH3 is 1. The van der Waals surface area contributed by atoms with Gasteiger partial charge in [-0.05, 0) is 43.7 Å². The van der Waals surface area contributed by atoms with E-state index in [1.807, 2.05) is 62.4 Å². The Morgan fingerprint density at radius 1 is 1.04 bits per heavy atom. The third kappa shape index (κ3) is 4.43. The zero-order valence-corrected chi connectivity index (χ0v) is 15.8. The predicted molar refractivity (Wildman–Crippen MR) is 107 cm³/mol. The largest absolute Gasteiger partial charge is 0.496 e. The maximum Gasteiger partial charge on any atom is 0.225 e. The van der Waals surface area contributed by atoms with Gasteiger partial charge in [-0.25, -0.2) is 4.98 Å². The van der Waals surface area contributed by atoms with Gasteiger partial charge < -0.3 is 15.4 Å². The van der Waals surface area contributed by atoms with Crippen LogP contribution >= 0.6 is 11.6 Å². The molecule has 0 saturated heterocycles. The fraction of sp³-hybridized carbons (Fsp3) is 0.200. The number of hydrogen-bond acceptors (Lipinski definition) is 5. The fourth-order valence-corrected chi connectivity index (χ4v) is 2.87. The molecule has 2 N–H and O–H groups in total. The van der Waals surface area contributed by atoms with Crippen LogP contribution in [0.5, 0.6) is 5.75 Å². The number of nitrogens with zero attached hydrogens (tertiary/aromatic N) is 2. The fourth-order valence-electron chi connectivity index (χ4n) is 2.64. The van der Waals surface area contributed by atoms with Gasteiger partial charge in [0.05, 0.1) is 7.11 Å². The van der Waals surface area contributed by atoms with Gasteiger partial charge in [0, 0.05) is 34.6 Å². The number of anilines is 3. The minimum atomic E-state index is 0.560. The molecule has 3 aromatic rings. The lowest BCUT2D eigenvalue weighted by Crippen LogP contribution is -2.07. The Hall–Kier alpha value is -2.79. The van der Waals surface area contributed by atoms with Crippen LogP contribution in [0, 0.1) is 13.8 Å². The van der Waals surface area contributed by atoms with Crippen molar-refractivity contribution in [2.24, 2.45) is 0 Å². The predicted octanol–water partition coefficient (Wildman–Crippen LogP) is 5.11. The molecule has 0 aliphatic heterocycles. The molecule has 2 aromatic carbocycles. The number of aromatic nitrogens is 2. The van der Waals surface area contributed by atoms with E-state index in [2.05, 4.69) is 20.6 Å². The minimum Gasteiger partial charge on any atom is -0.496 e. The Morgan fingerprint density at radius 2 is 1.85 bits per heavy atom. The van der Waals surface area contributed by atoms with Crippen LogP contribution < -0.4 is 15.4 Å². The number of nitrogens with one attached hydrogen (secondary N) is 2. The van der Waals surface area contributed by atoms with Crippen molar-refractivity contribution in [2.75, 3.05) is 17.7 Å². The van der Waals surface area contributed by atoms with E-state index in [9.17, 15) is 0 Å². The Labute approximate surface area is 158 Å². The average molecular weight is 369 g/mol. The molecular formula is C20H21ClN4O. The average Bonchev–Trinajstić information content (AvgIpc) is 2.62. The van der Waals surface area contributed by atoms with Crippen molar-refractivity contribution in [3.05, 3.63) is 70.4 Å². The molecule has 3 rings (SSSR count). The maximum absolute atomic E-state index is 6.02. The van der Waals surface area contributed by atoms with Gasteiger partial charge in [0.25, 0.3) is 0 Å². The Balaban J connectivity index is 1.77. The third-order valence-corrected chi connectivity index (χ3v) is 4.17. The van der Waals surface area contributed by atoms with Crippen LogP contribution in [0.25, 0.3) is 0 Å². The topological polar surface area (TPSA) is 59.1 Å². The van der Waals surface area contributed by atoms with Crippen LogP contribution in [0.15, 0.2) is 48.5 Å². The van der Waals surface area contributed by atoms with E-state index >= 15 is 0 Å². The van der Waals surface area contributed by atoms with Crippen LogP contribution in [0.1, 0.15) is 16.8 Å². The van der Waals surface area contributed by atoms with Crippen molar-refractivity contribution < 1.29 is 4.74 Å².